The number of hydrogen-bond acceptors (Lipinski definition) is 2. The van der Waals surface area contributed by atoms with Crippen molar-refractivity contribution in [2.75, 3.05) is 19.7 Å². The van der Waals surface area contributed by atoms with Crippen LogP contribution in [0.5, 0.6) is 0 Å². The van der Waals surface area contributed by atoms with Crippen molar-refractivity contribution < 1.29 is 4.74 Å². The molecule has 4 nitrogen and oxygen atoms in total. The average molecular weight is 185 g/mol. The molecule has 1 heterocycles. The summed E-state index contributed by atoms with van der Waals surface area (Å²) in [5.74, 6) is 1.08. The van der Waals surface area contributed by atoms with E-state index in [4.69, 9.17) is 10.5 Å². The van der Waals surface area contributed by atoms with Crippen LogP contribution in [0.25, 0.3) is 0 Å². The summed E-state index contributed by atoms with van der Waals surface area (Å²) >= 11 is 0. The first-order valence-electron chi connectivity index (χ1n) is 4.89. The average Bonchev–Trinajstić information content (AvgIpc) is 2.48. The minimum absolute atomic E-state index is 0.332. The summed E-state index contributed by atoms with van der Waals surface area (Å²) in [7, 11) is 0. The Morgan fingerprint density at radius 2 is 2.46 bits per heavy atom. The Morgan fingerprint density at radius 3 is 3.00 bits per heavy atom. The second-order valence-electron chi connectivity index (χ2n) is 3.38. The smallest absolute Gasteiger partial charge is 0.188 e. The molecule has 0 aliphatic carbocycles. The summed E-state index contributed by atoms with van der Waals surface area (Å²) in [6, 6.07) is 0. The number of nitrogens with zero attached hydrogens (tertiary/aromatic N) is 1. The van der Waals surface area contributed by atoms with Crippen LogP contribution in [0.3, 0.4) is 0 Å². The Labute approximate surface area is 79.6 Å². The molecule has 1 aliphatic rings. The fourth-order valence-corrected chi connectivity index (χ4v) is 1.47. The molecule has 1 aliphatic heterocycles. The first-order chi connectivity index (χ1) is 6.24. The molecule has 13 heavy (non-hydrogen) atoms. The van der Waals surface area contributed by atoms with Crippen molar-refractivity contribution in [3.63, 3.8) is 0 Å². The number of hydrogen-bond donors (Lipinski definition) is 2. The lowest BCUT2D eigenvalue weighted by molar-refractivity contribution is 0.107. The minimum atomic E-state index is 0.332. The third-order valence-corrected chi connectivity index (χ3v) is 2.39. The van der Waals surface area contributed by atoms with Crippen LogP contribution in [-0.2, 0) is 4.74 Å². The largest absolute Gasteiger partial charge is 0.378 e. The molecule has 4 heteroatoms. The topological polar surface area (TPSA) is 59.6 Å². The van der Waals surface area contributed by atoms with Gasteiger partial charge in [0.2, 0.25) is 0 Å². The normalized spacial score (nSPS) is 29.2. The molecule has 1 saturated heterocycles. The van der Waals surface area contributed by atoms with Crippen molar-refractivity contribution in [1.29, 1.82) is 0 Å². The van der Waals surface area contributed by atoms with Gasteiger partial charge in [0.05, 0.1) is 6.10 Å². The minimum Gasteiger partial charge on any atom is -0.378 e. The fourth-order valence-electron chi connectivity index (χ4n) is 1.47. The molecular formula is C9H19N3O. The van der Waals surface area contributed by atoms with Gasteiger partial charge >= 0.3 is 0 Å². The maximum atomic E-state index is 5.61. The van der Waals surface area contributed by atoms with Crippen molar-refractivity contribution >= 4 is 5.96 Å². The lowest BCUT2D eigenvalue weighted by Crippen LogP contribution is -2.32. The van der Waals surface area contributed by atoms with E-state index >= 15 is 0 Å². The van der Waals surface area contributed by atoms with Crippen LogP contribution in [0.2, 0.25) is 0 Å². The second-order valence-corrected chi connectivity index (χ2v) is 3.38. The molecule has 0 aromatic rings. The lowest BCUT2D eigenvalue weighted by atomic mass is 10.0. The van der Waals surface area contributed by atoms with Gasteiger partial charge in [-0.1, -0.05) is 0 Å². The summed E-state index contributed by atoms with van der Waals surface area (Å²) in [6.07, 6.45) is 1.43. The Hall–Kier alpha value is -0.770. The molecule has 0 aromatic heterocycles. The molecule has 1 rings (SSSR count). The predicted molar refractivity (Wildman–Crippen MR) is 53.7 cm³/mol. The number of ether oxygens (including phenoxy) is 1. The summed E-state index contributed by atoms with van der Waals surface area (Å²) in [4.78, 5) is 4.25. The highest BCUT2D eigenvalue weighted by Gasteiger charge is 2.23. The van der Waals surface area contributed by atoms with Crippen molar-refractivity contribution in [2.24, 2.45) is 16.6 Å². The van der Waals surface area contributed by atoms with Gasteiger partial charge < -0.3 is 15.8 Å². The highest BCUT2D eigenvalue weighted by molar-refractivity contribution is 5.77. The molecule has 0 spiro atoms. The molecule has 76 valence electrons. The van der Waals surface area contributed by atoms with Gasteiger partial charge in [0, 0.05) is 25.6 Å². The first kappa shape index (κ1) is 10.3. The molecule has 1 fully saturated rings. The zero-order chi connectivity index (χ0) is 9.68. The Morgan fingerprint density at radius 1 is 1.69 bits per heavy atom. The molecular weight excluding hydrogens is 166 g/mol. The number of nitrogens with one attached hydrogen (secondary N) is 1. The van der Waals surface area contributed by atoms with E-state index in [1.807, 2.05) is 6.92 Å². The zero-order valence-electron chi connectivity index (χ0n) is 8.42. The zero-order valence-corrected chi connectivity index (χ0v) is 8.42. The van der Waals surface area contributed by atoms with Gasteiger partial charge in [-0.3, -0.25) is 4.99 Å². The van der Waals surface area contributed by atoms with Crippen LogP contribution in [0.4, 0.5) is 0 Å². The van der Waals surface area contributed by atoms with Crippen molar-refractivity contribution in [3.8, 4) is 0 Å². The van der Waals surface area contributed by atoms with E-state index in [0.29, 0.717) is 18.0 Å². The fraction of sp³-hybridized carbons (Fsp3) is 0.889. The highest BCUT2D eigenvalue weighted by Crippen LogP contribution is 2.20. The maximum absolute atomic E-state index is 5.61. The Balaban J connectivity index is 2.27. The van der Waals surface area contributed by atoms with Gasteiger partial charge in [0.25, 0.3) is 0 Å². The van der Waals surface area contributed by atoms with Gasteiger partial charge in [0.1, 0.15) is 0 Å². The maximum Gasteiger partial charge on any atom is 0.188 e. The Kier molecular flexibility index (Phi) is 4.02. The Bertz CT molecular complexity index is 182. The SMILES string of the molecule is CCNC(N)=NCC1CCOC1C. The van der Waals surface area contributed by atoms with Crippen LogP contribution in [-0.4, -0.2) is 31.8 Å². The number of rotatable bonds is 3. The van der Waals surface area contributed by atoms with Crippen LogP contribution < -0.4 is 11.1 Å². The lowest BCUT2D eigenvalue weighted by Gasteiger charge is -2.11. The molecule has 0 radical (unpaired) electrons. The monoisotopic (exact) mass is 185 g/mol. The van der Waals surface area contributed by atoms with E-state index in [0.717, 1.165) is 26.1 Å². The predicted octanol–water partition coefficient (Wildman–Crippen LogP) is 0.336. The van der Waals surface area contributed by atoms with Crippen molar-refractivity contribution in [1.82, 2.24) is 5.32 Å². The summed E-state index contributed by atoms with van der Waals surface area (Å²) in [6.45, 7) is 6.56. The van der Waals surface area contributed by atoms with Gasteiger partial charge in [-0.2, -0.15) is 0 Å². The number of nitrogens with two attached hydrogens (primary N) is 1. The first-order valence-corrected chi connectivity index (χ1v) is 4.89. The van der Waals surface area contributed by atoms with E-state index in [1.165, 1.54) is 0 Å². The molecule has 0 saturated carbocycles. The van der Waals surface area contributed by atoms with E-state index in [2.05, 4.69) is 17.2 Å². The molecule has 3 N–H and O–H groups in total. The van der Waals surface area contributed by atoms with Gasteiger partial charge in [-0.05, 0) is 20.3 Å². The number of guanidine groups is 1. The van der Waals surface area contributed by atoms with Crippen LogP contribution in [0.1, 0.15) is 20.3 Å². The summed E-state index contributed by atoms with van der Waals surface area (Å²) in [5.41, 5.74) is 5.61. The van der Waals surface area contributed by atoms with Gasteiger partial charge in [-0.15, -0.1) is 0 Å². The van der Waals surface area contributed by atoms with Crippen LogP contribution in [0, 0.1) is 5.92 Å². The molecule has 2 atom stereocenters. The van der Waals surface area contributed by atoms with Gasteiger partial charge in [0.15, 0.2) is 5.96 Å². The van der Waals surface area contributed by atoms with Crippen LogP contribution in [0.15, 0.2) is 4.99 Å². The summed E-state index contributed by atoms with van der Waals surface area (Å²) < 4.78 is 5.43. The van der Waals surface area contributed by atoms with Crippen LogP contribution >= 0.6 is 0 Å². The third kappa shape index (κ3) is 3.22. The molecule has 0 aromatic carbocycles. The van der Waals surface area contributed by atoms with E-state index in [-0.39, 0.29) is 0 Å². The summed E-state index contributed by atoms with van der Waals surface area (Å²) in [5, 5.41) is 2.97. The number of aliphatic imine (C=N–C) groups is 1. The van der Waals surface area contributed by atoms with E-state index in [9.17, 15) is 0 Å². The molecule has 2 unspecified atom stereocenters. The van der Waals surface area contributed by atoms with Gasteiger partial charge in [-0.25, -0.2) is 0 Å². The highest BCUT2D eigenvalue weighted by atomic mass is 16.5. The molecule has 0 amide bonds. The quantitative estimate of drug-likeness (QED) is 0.492. The van der Waals surface area contributed by atoms with Crippen molar-refractivity contribution in [3.05, 3.63) is 0 Å². The van der Waals surface area contributed by atoms with E-state index in [1.54, 1.807) is 0 Å². The van der Waals surface area contributed by atoms with E-state index < -0.39 is 0 Å². The second kappa shape index (κ2) is 5.07. The standard InChI is InChI=1S/C9H19N3O/c1-3-11-9(10)12-6-8-4-5-13-7(8)2/h7-8H,3-6H2,1-2H3,(H3,10,11,12). The van der Waals surface area contributed by atoms with Crippen molar-refractivity contribution in [2.45, 2.75) is 26.4 Å². The third-order valence-electron chi connectivity index (χ3n) is 2.39. The molecule has 0 bridgehead atoms.